The van der Waals surface area contributed by atoms with Crippen molar-refractivity contribution in [2.24, 2.45) is 0 Å². The standard InChI is InChI=1S/C14H13BrN2O2S/c1-14(7-4-12(15)5-8-14)20(18,19)17-10-6-11-3-2-9-16-13(11)17/h2-7,9-10H,8H2,1H3. The number of hydrogen-bond donors (Lipinski definition) is 0. The third kappa shape index (κ3) is 1.94. The van der Waals surface area contributed by atoms with Gasteiger partial charge in [-0.05, 0) is 31.5 Å². The molecule has 4 nitrogen and oxygen atoms in total. The van der Waals surface area contributed by atoms with Crippen LogP contribution in [-0.4, -0.2) is 22.1 Å². The third-order valence-electron chi connectivity index (χ3n) is 3.56. The lowest BCUT2D eigenvalue weighted by atomic mass is 10.0. The van der Waals surface area contributed by atoms with E-state index in [1.54, 1.807) is 43.6 Å². The topological polar surface area (TPSA) is 52.0 Å². The molecule has 1 atom stereocenters. The predicted octanol–water partition coefficient (Wildman–Crippen LogP) is 3.21. The number of nitrogens with zero attached hydrogens (tertiary/aromatic N) is 2. The maximum absolute atomic E-state index is 12.9. The minimum atomic E-state index is -3.57. The first-order valence-electron chi connectivity index (χ1n) is 6.16. The van der Waals surface area contributed by atoms with Crippen LogP contribution in [-0.2, 0) is 10.0 Å². The summed E-state index contributed by atoms with van der Waals surface area (Å²) in [6, 6.07) is 5.41. The Bertz CT molecular complexity index is 836. The number of hydrogen-bond acceptors (Lipinski definition) is 3. The zero-order chi connectivity index (χ0) is 14.4. The van der Waals surface area contributed by atoms with Gasteiger partial charge in [-0.15, -0.1) is 0 Å². The Morgan fingerprint density at radius 2 is 2.20 bits per heavy atom. The Labute approximate surface area is 126 Å². The quantitative estimate of drug-likeness (QED) is 0.833. The minimum absolute atomic E-state index is 0.429. The summed E-state index contributed by atoms with van der Waals surface area (Å²) >= 11 is 3.36. The molecule has 1 unspecified atom stereocenters. The van der Waals surface area contributed by atoms with Gasteiger partial charge in [0.2, 0.25) is 10.0 Å². The lowest BCUT2D eigenvalue weighted by Gasteiger charge is -2.27. The summed E-state index contributed by atoms with van der Waals surface area (Å²) in [6.45, 7) is 1.73. The Balaban J connectivity index is 2.16. The van der Waals surface area contributed by atoms with Crippen molar-refractivity contribution in [1.29, 1.82) is 0 Å². The molecule has 0 aliphatic heterocycles. The zero-order valence-electron chi connectivity index (χ0n) is 10.8. The zero-order valence-corrected chi connectivity index (χ0v) is 13.2. The minimum Gasteiger partial charge on any atom is -0.237 e. The first-order valence-corrected chi connectivity index (χ1v) is 8.39. The van der Waals surface area contributed by atoms with E-state index in [0.717, 1.165) is 9.87 Å². The van der Waals surface area contributed by atoms with Crippen LogP contribution in [0.3, 0.4) is 0 Å². The molecule has 0 N–H and O–H groups in total. The second-order valence-corrected chi connectivity index (χ2v) is 8.16. The molecule has 6 heteroatoms. The van der Waals surface area contributed by atoms with Crippen molar-refractivity contribution < 1.29 is 8.42 Å². The van der Waals surface area contributed by atoms with E-state index in [1.165, 1.54) is 3.97 Å². The molecule has 0 bridgehead atoms. The molecule has 2 aromatic rings. The smallest absolute Gasteiger partial charge is 0.237 e. The monoisotopic (exact) mass is 352 g/mol. The first kappa shape index (κ1) is 13.6. The van der Waals surface area contributed by atoms with Gasteiger partial charge in [0.25, 0.3) is 0 Å². The average molecular weight is 353 g/mol. The van der Waals surface area contributed by atoms with Crippen molar-refractivity contribution in [2.75, 3.05) is 0 Å². The molecule has 3 rings (SSSR count). The second kappa shape index (κ2) is 4.56. The van der Waals surface area contributed by atoms with E-state index < -0.39 is 14.8 Å². The number of allylic oxidation sites excluding steroid dienone is 3. The Hall–Kier alpha value is -1.40. The summed E-state index contributed by atoms with van der Waals surface area (Å²) in [4.78, 5) is 4.18. The second-order valence-electron chi connectivity index (χ2n) is 4.97. The predicted molar refractivity (Wildman–Crippen MR) is 83.2 cm³/mol. The highest BCUT2D eigenvalue weighted by atomic mass is 79.9. The van der Waals surface area contributed by atoms with E-state index in [2.05, 4.69) is 20.9 Å². The molecule has 2 heterocycles. The van der Waals surface area contributed by atoms with Crippen LogP contribution in [0.1, 0.15) is 13.3 Å². The highest BCUT2D eigenvalue weighted by Crippen LogP contribution is 2.33. The van der Waals surface area contributed by atoms with Crippen LogP contribution in [0.2, 0.25) is 0 Å². The molecule has 104 valence electrons. The number of halogens is 1. The Morgan fingerprint density at radius 1 is 1.40 bits per heavy atom. The number of rotatable bonds is 2. The van der Waals surface area contributed by atoms with Gasteiger partial charge in [0.05, 0.1) is 0 Å². The maximum Gasteiger partial charge on any atom is 0.249 e. The van der Waals surface area contributed by atoms with Crippen LogP contribution in [0.5, 0.6) is 0 Å². The molecule has 0 saturated carbocycles. The number of pyridine rings is 1. The molecule has 1 aliphatic carbocycles. The summed E-state index contributed by atoms with van der Waals surface area (Å²) in [5, 5.41) is 0.816. The van der Waals surface area contributed by atoms with Gasteiger partial charge in [-0.1, -0.05) is 34.2 Å². The molecule has 2 aromatic heterocycles. The fourth-order valence-electron chi connectivity index (χ4n) is 2.24. The van der Waals surface area contributed by atoms with E-state index in [4.69, 9.17) is 0 Å². The van der Waals surface area contributed by atoms with Gasteiger partial charge in [0, 0.05) is 22.3 Å². The van der Waals surface area contributed by atoms with Crippen LogP contribution < -0.4 is 0 Å². The lowest BCUT2D eigenvalue weighted by Crippen LogP contribution is -2.38. The van der Waals surface area contributed by atoms with Crippen molar-refractivity contribution >= 4 is 37.0 Å². The molecule has 0 radical (unpaired) electrons. The molecule has 20 heavy (non-hydrogen) atoms. The van der Waals surface area contributed by atoms with Crippen molar-refractivity contribution in [3.05, 3.63) is 53.3 Å². The number of fused-ring (bicyclic) bond motifs is 1. The van der Waals surface area contributed by atoms with E-state index in [-0.39, 0.29) is 0 Å². The van der Waals surface area contributed by atoms with E-state index in [0.29, 0.717) is 12.1 Å². The normalized spacial score (nSPS) is 23.0. The third-order valence-corrected chi connectivity index (χ3v) is 6.44. The number of aromatic nitrogens is 2. The van der Waals surface area contributed by atoms with Gasteiger partial charge < -0.3 is 0 Å². The summed E-state index contributed by atoms with van der Waals surface area (Å²) in [7, 11) is -3.57. The van der Waals surface area contributed by atoms with Crippen molar-refractivity contribution in [2.45, 2.75) is 18.1 Å². The highest BCUT2D eigenvalue weighted by molar-refractivity contribution is 9.11. The first-order chi connectivity index (χ1) is 9.44. The fourth-order valence-corrected chi connectivity index (χ4v) is 4.12. The highest BCUT2D eigenvalue weighted by Gasteiger charge is 2.39. The fraction of sp³-hybridized carbons (Fsp3) is 0.214. The molecule has 0 spiro atoms. The summed E-state index contributed by atoms with van der Waals surface area (Å²) < 4.78 is 27.1. The lowest BCUT2D eigenvalue weighted by molar-refractivity contribution is 0.554. The Kier molecular flexibility index (Phi) is 3.10. The van der Waals surface area contributed by atoms with Gasteiger partial charge in [-0.2, -0.15) is 0 Å². The molecule has 0 amide bonds. The van der Waals surface area contributed by atoms with Crippen LogP contribution in [0.25, 0.3) is 11.0 Å². The van der Waals surface area contributed by atoms with Gasteiger partial charge in [0.1, 0.15) is 4.75 Å². The van der Waals surface area contributed by atoms with Gasteiger partial charge in [-0.25, -0.2) is 17.4 Å². The van der Waals surface area contributed by atoms with E-state index in [1.807, 2.05) is 12.1 Å². The van der Waals surface area contributed by atoms with E-state index in [9.17, 15) is 8.42 Å². The van der Waals surface area contributed by atoms with Gasteiger partial charge in [-0.3, -0.25) is 0 Å². The van der Waals surface area contributed by atoms with E-state index >= 15 is 0 Å². The molecular formula is C14H13BrN2O2S. The van der Waals surface area contributed by atoms with Crippen molar-refractivity contribution in [3.8, 4) is 0 Å². The molecule has 1 aliphatic rings. The maximum atomic E-state index is 12.9. The Morgan fingerprint density at radius 3 is 2.90 bits per heavy atom. The van der Waals surface area contributed by atoms with Crippen LogP contribution in [0, 0.1) is 0 Å². The largest absolute Gasteiger partial charge is 0.249 e. The molecule has 0 saturated heterocycles. The molecule has 0 fully saturated rings. The van der Waals surface area contributed by atoms with Crippen LogP contribution >= 0.6 is 15.9 Å². The SMILES string of the molecule is CC1(S(=O)(=O)n2ccc3cccnc32)C=CC(Br)=CC1. The van der Waals surface area contributed by atoms with Crippen LogP contribution in [0.4, 0.5) is 0 Å². The summed E-state index contributed by atoms with van der Waals surface area (Å²) in [5.41, 5.74) is 0.468. The van der Waals surface area contributed by atoms with Crippen LogP contribution in [0.15, 0.2) is 53.3 Å². The van der Waals surface area contributed by atoms with Gasteiger partial charge >= 0.3 is 0 Å². The van der Waals surface area contributed by atoms with Crippen molar-refractivity contribution in [1.82, 2.24) is 8.96 Å². The van der Waals surface area contributed by atoms with Gasteiger partial charge in [0.15, 0.2) is 5.65 Å². The average Bonchev–Trinajstić information content (AvgIpc) is 2.86. The molecular weight excluding hydrogens is 340 g/mol. The van der Waals surface area contributed by atoms with Crippen molar-refractivity contribution in [3.63, 3.8) is 0 Å². The summed E-state index contributed by atoms with van der Waals surface area (Å²) in [6.07, 6.45) is 8.97. The molecule has 0 aromatic carbocycles. The summed E-state index contributed by atoms with van der Waals surface area (Å²) in [5.74, 6) is 0.